The highest BCUT2D eigenvalue weighted by molar-refractivity contribution is 5.67. The van der Waals surface area contributed by atoms with Crippen molar-refractivity contribution in [1.29, 1.82) is 0 Å². The summed E-state index contributed by atoms with van der Waals surface area (Å²) in [4.78, 5) is 10.8. The summed E-state index contributed by atoms with van der Waals surface area (Å²) in [5.74, 6) is -0.191. The average Bonchev–Trinajstić information content (AvgIpc) is 2.94. The minimum absolute atomic E-state index is 0.00377. The quantitative estimate of drug-likeness (QED) is 0.842. The van der Waals surface area contributed by atoms with E-state index in [0.717, 1.165) is 17.8 Å². The number of tetrazole rings is 1. The molecule has 0 aliphatic rings. The van der Waals surface area contributed by atoms with Crippen molar-refractivity contribution < 1.29 is 9.90 Å². The number of hydrogen-bond acceptors (Lipinski definition) is 5. The Labute approximate surface area is 116 Å². The lowest BCUT2D eigenvalue weighted by Gasteiger charge is -2.12. The van der Waals surface area contributed by atoms with Crippen LogP contribution in [-0.4, -0.2) is 41.1 Å². The fourth-order valence-corrected chi connectivity index (χ4v) is 2.16. The van der Waals surface area contributed by atoms with Gasteiger partial charge < -0.3 is 5.11 Å². The van der Waals surface area contributed by atoms with Gasteiger partial charge >= 0.3 is 5.97 Å². The van der Waals surface area contributed by atoms with E-state index in [2.05, 4.69) is 20.6 Å². The number of carboxylic acid groups (broad SMARTS) is 1. The van der Waals surface area contributed by atoms with Gasteiger partial charge in [0.2, 0.25) is 0 Å². The first-order valence-corrected chi connectivity index (χ1v) is 6.50. The number of aromatic nitrogens is 6. The second-order valence-electron chi connectivity index (χ2n) is 4.85. The zero-order valence-electron chi connectivity index (χ0n) is 11.8. The van der Waals surface area contributed by atoms with Gasteiger partial charge in [0.1, 0.15) is 5.69 Å². The Hall–Kier alpha value is -2.25. The van der Waals surface area contributed by atoms with E-state index in [1.165, 1.54) is 0 Å². The molecule has 108 valence electrons. The van der Waals surface area contributed by atoms with Crippen LogP contribution >= 0.6 is 0 Å². The lowest BCUT2D eigenvalue weighted by atomic mass is 10.0. The van der Waals surface area contributed by atoms with Crippen molar-refractivity contribution >= 4 is 5.97 Å². The number of carbonyl (C=O) groups is 1. The smallest absolute Gasteiger partial charge is 0.303 e. The second kappa shape index (κ2) is 5.81. The van der Waals surface area contributed by atoms with Gasteiger partial charge in [-0.05, 0) is 29.3 Å². The Morgan fingerprint density at radius 3 is 2.80 bits per heavy atom. The van der Waals surface area contributed by atoms with Gasteiger partial charge in [-0.15, -0.1) is 5.10 Å². The van der Waals surface area contributed by atoms with Gasteiger partial charge in [-0.25, -0.2) is 4.68 Å². The Morgan fingerprint density at radius 1 is 1.50 bits per heavy atom. The number of rotatable bonds is 6. The molecule has 0 radical (unpaired) electrons. The van der Waals surface area contributed by atoms with Crippen LogP contribution in [0, 0.1) is 12.8 Å². The highest BCUT2D eigenvalue weighted by Gasteiger charge is 2.18. The van der Waals surface area contributed by atoms with Crippen molar-refractivity contribution in [3.63, 3.8) is 0 Å². The van der Waals surface area contributed by atoms with Crippen LogP contribution in [0.3, 0.4) is 0 Å². The van der Waals surface area contributed by atoms with E-state index in [1.807, 2.05) is 27.0 Å². The van der Waals surface area contributed by atoms with Gasteiger partial charge in [-0.2, -0.15) is 5.10 Å². The molecule has 0 amide bonds. The standard InChI is InChI=1S/C12H18N6O2/c1-4-9(6-11(19)20)7-18-12(13-15-16-18)10-5-8(2)14-17(10)3/h5,9H,4,6-7H2,1-3H3,(H,19,20). The third-order valence-corrected chi connectivity index (χ3v) is 3.23. The minimum Gasteiger partial charge on any atom is -0.481 e. The largest absolute Gasteiger partial charge is 0.481 e. The number of hydrogen-bond donors (Lipinski definition) is 1. The van der Waals surface area contributed by atoms with Gasteiger partial charge in [0.05, 0.1) is 5.69 Å². The lowest BCUT2D eigenvalue weighted by molar-refractivity contribution is -0.138. The van der Waals surface area contributed by atoms with Crippen LogP contribution in [0.15, 0.2) is 6.07 Å². The number of carboxylic acids is 1. The van der Waals surface area contributed by atoms with Crippen molar-refractivity contribution in [1.82, 2.24) is 30.0 Å². The molecule has 0 aliphatic heterocycles. The molecule has 0 spiro atoms. The molecule has 20 heavy (non-hydrogen) atoms. The van der Waals surface area contributed by atoms with Crippen LogP contribution in [0.1, 0.15) is 25.5 Å². The zero-order valence-corrected chi connectivity index (χ0v) is 11.8. The maximum absolute atomic E-state index is 10.8. The Morgan fingerprint density at radius 2 is 2.25 bits per heavy atom. The van der Waals surface area contributed by atoms with E-state index < -0.39 is 5.97 Å². The molecule has 0 aliphatic carbocycles. The monoisotopic (exact) mass is 278 g/mol. The van der Waals surface area contributed by atoms with E-state index in [-0.39, 0.29) is 12.3 Å². The number of nitrogens with zero attached hydrogens (tertiary/aromatic N) is 6. The Balaban J connectivity index is 2.24. The summed E-state index contributed by atoms with van der Waals surface area (Å²) in [5, 5.41) is 24.8. The van der Waals surface area contributed by atoms with Gasteiger partial charge in [0.15, 0.2) is 5.82 Å². The predicted molar refractivity (Wildman–Crippen MR) is 70.8 cm³/mol. The molecular formula is C12H18N6O2. The first-order chi connectivity index (χ1) is 9.51. The molecule has 0 bridgehead atoms. The van der Waals surface area contributed by atoms with E-state index in [4.69, 9.17) is 5.11 Å². The maximum Gasteiger partial charge on any atom is 0.303 e. The zero-order chi connectivity index (χ0) is 14.7. The van der Waals surface area contributed by atoms with E-state index >= 15 is 0 Å². The maximum atomic E-state index is 10.8. The summed E-state index contributed by atoms with van der Waals surface area (Å²) in [6.07, 6.45) is 0.871. The molecule has 2 rings (SSSR count). The lowest BCUT2D eigenvalue weighted by Crippen LogP contribution is -2.16. The molecule has 0 fully saturated rings. The average molecular weight is 278 g/mol. The topological polar surface area (TPSA) is 98.7 Å². The SMILES string of the molecule is CCC(CC(=O)O)Cn1nnnc1-c1cc(C)nn1C. The molecule has 0 saturated heterocycles. The molecule has 1 atom stereocenters. The van der Waals surface area contributed by atoms with Crippen LogP contribution in [-0.2, 0) is 18.4 Å². The molecule has 2 aromatic rings. The molecule has 2 aromatic heterocycles. The van der Waals surface area contributed by atoms with Crippen molar-refractivity contribution in [2.75, 3.05) is 0 Å². The van der Waals surface area contributed by atoms with E-state index in [0.29, 0.717) is 12.4 Å². The molecule has 0 aromatic carbocycles. The predicted octanol–water partition coefficient (Wildman–Crippen LogP) is 0.883. The van der Waals surface area contributed by atoms with E-state index in [9.17, 15) is 4.79 Å². The summed E-state index contributed by atoms with van der Waals surface area (Å²) in [7, 11) is 1.83. The number of aliphatic carboxylic acids is 1. The molecule has 1 unspecified atom stereocenters. The van der Waals surface area contributed by atoms with Crippen LogP contribution in [0.2, 0.25) is 0 Å². The first-order valence-electron chi connectivity index (χ1n) is 6.50. The third-order valence-electron chi connectivity index (χ3n) is 3.23. The Kier molecular flexibility index (Phi) is 4.11. The van der Waals surface area contributed by atoms with Crippen LogP contribution in [0.5, 0.6) is 0 Å². The van der Waals surface area contributed by atoms with Crippen molar-refractivity contribution in [2.24, 2.45) is 13.0 Å². The number of aryl methyl sites for hydroxylation is 2. The molecule has 0 saturated carbocycles. The van der Waals surface area contributed by atoms with Gasteiger partial charge in [0.25, 0.3) is 0 Å². The fourth-order valence-electron chi connectivity index (χ4n) is 2.16. The van der Waals surface area contributed by atoms with Crippen LogP contribution < -0.4 is 0 Å². The van der Waals surface area contributed by atoms with Crippen molar-refractivity contribution in [2.45, 2.75) is 33.2 Å². The third kappa shape index (κ3) is 3.01. The van der Waals surface area contributed by atoms with Crippen LogP contribution in [0.4, 0.5) is 0 Å². The molecule has 1 N–H and O–H groups in total. The minimum atomic E-state index is -0.803. The molecule has 8 nitrogen and oxygen atoms in total. The fraction of sp³-hybridized carbons (Fsp3) is 0.583. The summed E-state index contributed by atoms with van der Waals surface area (Å²) in [5.41, 5.74) is 1.70. The van der Waals surface area contributed by atoms with Crippen molar-refractivity contribution in [3.05, 3.63) is 11.8 Å². The summed E-state index contributed by atoms with van der Waals surface area (Å²) in [6, 6.07) is 1.90. The molecule has 8 heteroatoms. The van der Waals surface area contributed by atoms with Crippen molar-refractivity contribution in [3.8, 4) is 11.5 Å². The normalized spacial score (nSPS) is 12.6. The summed E-state index contributed by atoms with van der Waals surface area (Å²) >= 11 is 0. The van der Waals surface area contributed by atoms with Crippen LogP contribution in [0.25, 0.3) is 11.5 Å². The highest BCUT2D eigenvalue weighted by atomic mass is 16.4. The molecule has 2 heterocycles. The van der Waals surface area contributed by atoms with Gasteiger partial charge in [-0.3, -0.25) is 9.48 Å². The first kappa shape index (κ1) is 14.2. The highest BCUT2D eigenvalue weighted by Crippen LogP contribution is 2.19. The van der Waals surface area contributed by atoms with Gasteiger partial charge in [-0.1, -0.05) is 13.3 Å². The van der Waals surface area contributed by atoms with Gasteiger partial charge in [0, 0.05) is 20.0 Å². The van der Waals surface area contributed by atoms with E-state index in [1.54, 1.807) is 9.36 Å². The molecular weight excluding hydrogens is 260 g/mol. The second-order valence-corrected chi connectivity index (χ2v) is 4.85. The summed E-state index contributed by atoms with van der Waals surface area (Å²) < 4.78 is 3.36. The Bertz CT molecular complexity index is 603. The summed E-state index contributed by atoms with van der Waals surface area (Å²) in [6.45, 7) is 4.35.